The molecule has 1 aromatic carbocycles. The van der Waals surface area contributed by atoms with Gasteiger partial charge in [-0.1, -0.05) is 99.1 Å². The minimum atomic E-state index is -1.23. The predicted octanol–water partition coefficient (Wildman–Crippen LogP) is 3.20. The van der Waals surface area contributed by atoms with Gasteiger partial charge in [-0.05, 0) is 29.7 Å². The Morgan fingerprint density at radius 1 is 0.943 bits per heavy atom. The molecular formula is C38H60N6O8S. The summed E-state index contributed by atoms with van der Waals surface area (Å²) >= 11 is 1.63. The minimum absolute atomic E-state index is 0.0927. The summed E-state index contributed by atoms with van der Waals surface area (Å²) in [5.74, 6) is -4.06. The Morgan fingerprint density at radius 2 is 1.57 bits per heavy atom. The number of ether oxygens (including phenoxy) is 1. The molecule has 1 unspecified atom stereocenters. The molecule has 2 rings (SSSR count). The van der Waals surface area contributed by atoms with Crippen LogP contribution < -0.4 is 21.3 Å². The summed E-state index contributed by atoms with van der Waals surface area (Å²) in [6.07, 6.45) is 0.134. The van der Waals surface area contributed by atoms with E-state index in [0.29, 0.717) is 18.4 Å². The third kappa shape index (κ3) is 14.3. The summed E-state index contributed by atoms with van der Waals surface area (Å²) in [4.78, 5) is 95.8. The standard InChI is InChI=1S/C38H60N6O8S/c1-12-16-26(30(46)33(48)39-20-28(45)41-29(34(49)43(10)11)24-17-14-13-15-18-24)40-32(47)27-19-25(53-38(7,8)9)21-44(27)35(50)31(37(4,5)6)42-36(51)52-22-23(2)3/h13-15,17-18,23,25-27,29,31H,12,16,19-22H2,1-11H3,(H,39,48)(H,40,47)(H,41,45)(H,42,51)/t25-,26?,27+,29+,31-/m1/s1. The maximum absolute atomic E-state index is 14.2. The van der Waals surface area contributed by atoms with Gasteiger partial charge in [-0.15, -0.1) is 0 Å². The molecule has 296 valence electrons. The fraction of sp³-hybridized carbons (Fsp3) is 0.658. The largest absolute Gasteiger partial charge is 0.449 e. The van der Waals surface area contributed by atoms with Crippen LogP contribution in [0.25, 0.3) is 0 Å². The highest BCUT2D eigenvalue weighted by Gasteiger charge is 2.46. The second-order valence-corrected chi connectivity index (χ2v) is 18.2. The van der Waals surface area contributed by atoms with E-state index in [9.17, 15) is 33.6 Å². The van der Waals surface area contributed by atoms with Crippen LogP contribution in [-0.2, 0) is 33.5 Å². The lowest BCUT2D eigenvalue weighted by Crippen LogP contribution is -2.59. The lowest BCUT2D eigenvalue weighted by molar-refractivity contribution is -0.144. The third-order valence-corrected chi connectivity index (χ3v) is 9.64. The number of benzene rings is 1. The predicted molar refractivity (Wildman–Crippen MR) is 205 cm³/mol. The zero-order chi connectivity index (χ0) is 40.3. The number of hydrogen-bond acceptors (Lipinski definition) is 9. The van der Waals surface area contributed by atoms with Crippen molar-refractivity contribution in [1.82, 2.24) is 31.1 Å². The highest BCUT2D eigenvalue weighted by atomic mass is 32.2. The highest BCUT2D eigenvalue weighted by molar-refractivity contribution is 8.01. The Hall–Kier alpha value is -4.14. The molecule has 6 amide bonds. The molecule has 14 nitrogen and oxygen atoms in total. The summed E-state index contributed by atoms with van der Waals surface area (Å²) in [7, 11) is 3.12. The molecule has 0 aliphatic carbocycles. The summed E-state index contributed by atoms with van der Waals surface area (Å²) in [5, 5.41) is 10.2. The van der Waals surface area contributed by atoms with Crippen molar-refractivity contribution in [3.63, 3.8) is 0 Å². The van der Waals surface area contributed by atoms with Gasteiger partial charge in [0.1, 0.15) is 18.1 Å². The van der Waals surface area contributed by atoms with Gasteiger partial charge in [-0.25, -0.2) is 4.79 Å². The van der Waals surface area contributed by atoms with Gasteiger partial charge < -0.3 is 35.8 Å². The average molecular weight is 761 g/mol. The lowest BCUT2D eigenvalue weighted by Gasteiger charge is -2.35. The first kappa shape index (κ1) is 45.0. The molecule has 4 N–H and O–H groups in total. The Bertz CT molecular complexity index is 1460. The molecule has 53 heavy (non-hydrogen) atoms. The molecule has 0 saturated carbocycles. The Balaban J connectivity index is 2.23. The summed E-state index contributed by atoms with van der Waals surface area (Å²) in [6, 6.07) is 4.39. The average Bonchev–Trinajstić information content (AvgIpc) is 3.48. The van der Waals surface area contributed by atoms with Crippen LogP contribution in [0.2, 0.25) is 0 Å². The first-order valence-corrected chi connectivity index (χ1v) is 19.0. The summed E-state index contributed by atoms with van der Waals surface area (Å²) in [6.45, 7) is 17.0. The van der Waals surface area contributed by atoms with Crippen molar-refractivity contribution in [3.8, 4) is 0 Å². The van der Waals surface area contributed by atoms with E-state index < -0.39 is 71.6 Å². The molecule has 0 spiro atoms. The first-order chi connectivity index (χ1) is 24.5. The zero-order valence-corrected chi connectivity index (χ0v) is 34.0. The summed E-state index contributed by atoms with van der Waals surface area (Å²) in [5.41, 5.74) is -0.193. The topological polar surface area (TPSA) is 183 Å². The fourth-order valence-electron chi connectivity index (χ4n) is 5.73. The second-order valence-electron chi connectivity index (χ2n) is 16.1. The minimum Gasteiger partial charge on any atom is -0.449 e. The van der Waals surface area contributed by atoms with Crippen molar-refractivity contribution >= 4 is 53.2 Å². The van der Waals surface area contributed by atoms with Crippen LogP contribution >= 0.6 is 11.8 Å². The molecule has 5 atom stereocenters. The quantitative estimate of drug-likeness (QED) is 0.184. The number of nitrogens with one attached hydrogen (secondary N) is 4. The number of ketones is 1. The van der Waals surface area contributed by atoms with Gasteiger partial charge in [-0.3, -0.25) is 28.8 Å². The monoisotopic (exact) mass is 760 g/mol. The maximum Gasteiger partial charge on any atom is 0.407 e. The molecule has 1 saturated heterocycles. The van der Waals surface area contributed by atoms with Crippen molar-refractivity contribution in [3.05, 3.63) is 35.9 Å². The number of carbonyl (C=O) groups excluding carboxylic acids is 7. The van der Waals surface area contributed by atoms with Crippen molar-refractivity contribution < 1.29 is 38.3 Å². The number of thioether (sulfide) groups is 1. The summed E-state index contributed by atoms with van der Waals surface area (Å²) < 4.78 is 5.12. The van der Waals surface area contributed by atoms with E-state index in [1.807, 2.05) is 55.4 Å². The number of likely N-dealkylation sites (N-methyl/N-ethyl adjacent to an activating group) is 1. The van der Waals surface area contributed by atoms with E-state index in [0.717, 1.165) is 0 Å². The van der Waals surface area contributed by atoms with Crippen molar-refractivity contribution in [2.45, 2.75) is 116 Å². The molecule has 1 aliphatic rings. The van der Waals surface area contributed by atoms with Crippen LogP contribution in [0.3, 0.4) is 0 Å². The van der Waals surface area contributed by atoms with Gasteiger partial charge in [0.05, 0.1) is 19.2 Å². The molecule has 1 aliphatic heterocycles. The highest BCUT2D eigenvalue weighted by Crippen LogP contribution is 2.37. The van der Waals surface area contributed by atoms with E-state index in [1.165, 1.54) is 9.80 Å². The van der Waals surface area contributed by atoms with Crippen LogP contribution in [0.4, 0.5) is 4.79 Å². The SMILES string of the molecule is CCCC(NC(=O)[C@@H]1C[C@@H](SC(C)(C)C)CN1C(=O)[C@@H](NC(=O)OCC(C)C)C(C)(C)C)C(=O)C(=O)NCC(=O)N[C@H](C(=O)N(C)C)c1ccccc1. The maximum atomic E-state index is 14.2. The molecule has 0 aromatic heterocycles. The molecule has 0 radical (unpaired) electrons. The van der Waals surface area contributed by atoms with Gasteiger partial charge in [0.2, 0.25) is 29.4 Å². The number of likely N-dealkylation sites (tertiary alicyclic amines) is 1. The molecule has 1 fully saturated rings. The van der Waals surface area contributed by atoms with Crippen LogP contribution in [0.15, 0.2) is 30.3 Å². The van der Waals surface area contributed by atoms with E-state index in [2.05, 4.69) is 21.3 Å². The van der Waals surface area contributed by atoms with Gasteiger partial charge in [-0.2, -0.15) is 11.8 Å². The Morgan fingerprint density at radius 3 is 2.09 bits per heavy atom. The van der Waals surface area contributed by atoms with Crippen molar-refractivity contribution in [1.29, 1.82) is 0 Å². The molecule has 0 bridgehead atoms. The number of nitrogens with zero attached hydrogens (tertiary/aromatic N) is 2. The lowest BCUT2D eigenvalue weighted by atomic mass is 9.85. The Kier molecular flexibility index (Phi) is 16.8. The van der Waals surface area contributed by atoms with Gasteiger partial charge in [0, 0.05) is 30.6 Å². The third-order valence-electron chi connectivity index (χ3n) is 8.26. The molecular weight excluding hydrogens is 701 g/mol. The van der Waals surface area contributed by atoms with E-state index in [4.69, 9.17) is 4.74 Å². The zero-order valence-electron chi connectivity index (χ0n) is 33.2. The number of amides is 6. The van der Waals surface area contributed by atoms with Gasteiger partial charge >= 0.3 is 6.09 Å². The van der Waals surface area contributed by atoms with Crippen LogP contribution in [-0.4, -0.2) is 113 Å². The van der Waals surface area contributed by atoms with Gasteiger partial charge in [0.15, 0.2) is 0 Å². The number of hydrogen-bond donors (Lipinski definition) is 4. The van der Waals surface area contributed by atoms with Gasteiger partial charge in [0.25, 0.3) is 5.91 Å². The van der Waals surface area contributed by atoms with Crippen LogP contribution in [0.5, 0.6) is 0 Å². The van der Waals surface area contributed by atoms with Crippen molar-refractivity contribution in [2.24, 2.45) is 11.3 Å². The van der Waals surface area contributed by atoms with E-state index >= 15 is 0 Å². The van der Waals surface area contributed by atoms with Crippen LogP contribution in [0, 0.1) is 11.3 Å². The van der Waals surface area contributed by atoms with E-state index in [-0.39, 0.29) is 41.4 Å². The number of rotatable bonds is 16. The van der Waals surface area contributed by atoms with E-state index in [1.54, 1.807) is 63.1 Å². The number of Topliss-reactive ketones (excluding diaryl/α,β-unsaturated/α-hetero) is 1. The first-order valence-electron chi connectivity index (χ1n) is 18.1. The molecule has 1 heterocycles. The van der Waals surface area contributed by atoms with Crippen molar-refractivity contribution in [2.75, 3.05) is 33.8 Å². The molecule has 1 aromatic rings. The second kappa shape index (κ2) is 19.8. The Labute approximate surface area is 318 Å². The number of carbonyl (C=O) groups is 7. The smallest absolute Gasteiger partial charge is 0.407 e. The number of alkyl carbamates (subject to hydrolysis) is 1. The fourth-order valence-corrected chi connectivity index (χ4v) is 7.24. The van der Waals surface area contributed by atoms with Crippen LogP contribution in [0.1, 0.15) is 93.2 Å². The molecule has 15 heteroatoms. The normalized spacial score (nSPS) is 17.6.